The lowest BCUT2D eigenvalue weighted by Crippen LogP contribution is -2.19. The van der Waals surface area contributed by atoms with E-state index in [4.69, 9.17) is 4.74 Å². The molecule has 19 heavy (non-hydrogen) atoms. The normalized spacial score (nSPS) is 11.8. The Balaban J connectivity index is 1.99. The number of rotatable bonds is 8. The van der Waals surface area contributed by atoms with Crippen molar-refractivity contribution in [2.45, 2.75) is 18.0 Å². The Labute approximate surface area is 114 Å². The van der Waals surface area contributed by atoms with Crippen molar-refractivity contribution in [2.24, 2.45) is 0 Å². The lowest BCUT2D eigenvalue weighted by molar-refractivity contribution is -0.176. The Morgan fingerprint density at radius 3 is 2.63 bits per heavy atom. The van der Waals surface area contributed by atoms with Gasteiger partial charge in [-0.1, -0.05) is 0 Å². The molecule has 1 rings (SSSR count). The molecule has 3 nitrogen and oxygen atoms in total. The summed E-state index contributed by atoms with van der Waals surface area (Å²) in [5, 5.41) is 0. The second-order valence-electron chi connectivity index (χ2n) is 3.77. The van der Waals surface area contributed by atoms with Crippen molar-refractivity contribution in [2.75, 3.05) is 32.2 Å². The third-order valence-electron chi connectivity index (χ3n) is 2.09. The van der Waals surface area contributed by atoms with Crippen molar-refractivity contribution in [3.63, 3.8) is 0 Å². The van der Waals surface area contributed by atoms with Gasteiger partial charge in [0.25, 0.3) is 0 Å². The third-order valence-corrected chi connectivity index (χ3v) is 3.23. The molecule has 0 aromatic carbocycles. The van der Waals surface area contributed by atoms with E-state index in [0.717, 1.165) is 16.2 Å². The summed E-state index contributed by atoms with van der Waals surface area (Å²) in [6.07, 6.45) is -0.760. The Bertz CT molecular complexity index is 374. The van der Waals surface area contributed by atoms with Gasteiger partial charge in [0.1, 0.15) is 6.61 Å². The lowest BCUT2D eigenvalue weighted by Gasteiger charge is -2.08. The zero-order valence-corrected chi connectivity index (χ0v) is 11.4. The molecule has 0 aliphatic heterocycles. The van der Waals surface area contributed by atoms with E-state index in [-0.39, 0.29) is 13.2 Å². The van der Waals surface area contributed by atoms with Crippen LogP contribution in [0.4, 0.5) is 13.2 Å². The fourth-order valence-corrected chi connectivity index (χ4v) is 2.10. The van der Waals surface area contributed by atoms with Crippen LogP contribution in [0.1, 0.15) is 5.56 Å². The van der Waals surface area contributed by atoms with Crippen molar-refractivity contribution in [1.82, 2.24) is 4.98 Å². The first-order chi connectivity index (χ1) is 8.99. The molecule has 1 aromatic rings. The maximum Gasteiger partial charge on any atom is 0.411 e. The summed E-state index contributed by atoms with van der Waals surface area (Å²) in [6, 6.07) is 1.92. The molecule has 0 bridgehead atoms. The fraction of sp³-hybridized carbons (Fsp3) is 0.583. The quantitative estimate of drug-likeness (QED) is 0.545. The van der Waals surface area contributed by atoms with Crippen molar-refractivity contribution in [1.29, 1.82) is 0 Å². The number of aromatic nitrogens is 1. The molecule has 0 unspecified atom stereocenters. The summed E-state index contributed by atoms with van der Waals surface area (Å²) in [5.74, 6) is 0.740. The van der Waals surface area contributed by atoms with E-state index in [1.807, 2.05) is 13.0 Å². The number of hydrogen-bond donors (Lipinski definition) is 0. The van der Waals surface area contributed by atoms with Gasteiger partial charge in [0, 0.05) is 23.0 Å². The second-order valence-corrected chi connectivity index (χ2v) is 4.91. The van der Waals surface area contributed by atoms with Crippen LogP contribution in [0.15, 0.2) is 23.4 Å². The molecule has 0 atom stereocenters. The number of aryl methyl sites for hydroxylation is 1. The summed E-state index contributed by atoms with van der Waals surface area (Å²) in [5.41, 5.74) is 1.10. The zero-order valence-electron chi connectivity index (χ0n) is 10.6. The molecule has 0 amide bonds. The fourth-order valence-electron chi connectivity index (χ4n) is 1.24. The molecule has 0 aliphatic rings. The monoisotopic (exact) mass is 295 g/mol. The number of nitrogens with zero attached hydrogens (tertiary/aromatic N) is 1. The minimum atomic E-state index is -4.27. The first-order valence-corrected chi connectivity index (χ1v) is 6.73. The third kappa shape index (κ3) is 8.07. The Morgan fingerprint density at radius 2 is 1.95 bits per heavy atom. The average Bonchev–Trinajstić information content (AvgIpc) is 2.33. The predicted octanol–water partition coefficient (Wildman–Crippen LogP) is 3.08. The van der Waals surface area contributed by atoms with Crippen molar-refractivity contribution in [3.05, 3.63) is 24.0 Å². The molecule has 0 saturated heterocycles. The molecule has 1 aromatic heterocycles. The molecule has 108 valence electrons. The van der Waals surface area contributed by atoms with Crippen LogP contribution in [0, 0.1) is 6.92 Å². The van der Waals surface area contributed by atoms with Gasteiger partial charge in [-0.2, -0.15) is 13.2 Å². The predicted molar refractivity (Wildman–Crippen MR) is 67.4 cm³/mol. The molecule has 0 radical (unpaired) electrons. The highest BCUT2D eigenvalue weighted by Gasteiger charge is 2.27. The van der Waals surface area contributed by atoms with Gasteiger partial charge in [-0.15, -0.1) is 11.8 Å². The summed E-state index contributed by atoms with van der Waals surface area (Å²) in [6.45, 7) is 1.36. The number of halogens is 3. The first kappa shape index (κ1) is 16.3. The minimum absolute atomic E-state index is 0.0432. The van der Waals surface area contributed by atoms with E-state index in [0.29, 0.717) is 6.61 Å². The van der Waals surface area contributed by atoms with Gasteiger partial charge in [0.05, 0.1) is 19.8 Å². The van der Waals surface area contributed by atoms with E-state index in [1.165, 1.54) is 0 Å². The maximum absolute atomic E-state index is 11.7. The van der Waals surface area contributed by atoms with Crippen LogP contribution in [0.2, 0.25) is 0 Å². The van der Waals surface area contributed by atoms with Crippen LogP contribution in [-0.4, -0.2) is 43.3 Å². The standard InChI is InChI=1S/C12H16F3NO2S/c1-10-8-16-3-2-11(10)19-7-6-17-4-5-18-9-12(13,14)15/h2-3,8H,4-7,9H2,1H3. The zero-order chi connectivity index (χ0) is 14.1. The topological polar surface area (TPSA) is 31.4 Å². The van der Waals surface area contributed by atoms with E-state index in [2.05, 4.69) is 9.72 Å². The lowest BCUT2D eigenvalue weighted by atomic mass is 10.3. The average molecular weight is 295 g/mol. The molecule has 0 N–H and O–H groups in total. The van der Waals surface area contributed by atoms with Crippen LogP contribution >= 0.6 is 11.8 Å². The molecular weight excluding hydrogens is 279 g/mol. The Kier molecular flexibility index (Phi) is 7.19. The number of ether oxygens (including phenoxy) is 2. The van der Waals surface area contributed by atoms with Gasteiger partial charge in [-0.25, -0.2) is 0 Å². The van der Waals surface area contributed by atoms with Crippen molar-refractivity contribution < 1.29 is 22.6 Å². The van der Waals surface area contributed by atoms with Gasteiger partial charge in [0.2, 0.25) is 0 Å². The van der Waals surface area contributed by atoms with Gasteiger partial charge >= 0.3 is 6.18 Å². The molecule has 0 spiro atoms. The second kappa shape index (κ2) is 8.39. The smallest absolute Gasteiger partial charge is 0.378 e. The van der Waals surface area contributed by atoms with Crippen LogP contribution < -0.4 is 0 Å². The number of alkyl halides is 3. The van der Waals surface area contributed by atoms with Crippen LogP contribution in [-0.2, 0) is 9.47 Å². The highest BCUT2D eigenvalue weighted by atomic mass is 32.2. The summed E-state index contributed by atoms with van der Waals surface area (Å²) >= 11 is 1.63. The van der Waals surface area contributed by atoms with Crippen LogP contribution in [0.25, 0.3) is 0 Å². The van der Waals surface area contributed by atoms with Crippen LogP contribution in [0.3, 0.4) is 0 Å². The largest absolute Gasteiger partial charge is 0.411 e. The van der Waals surface area contributed by atoms with Gasteiger partial charge in [-0.05, 0) is 18.6 Å². The highest BCUT2D eigenvalue weighted by Crippen LogP contribution is 2.20. The molecule has 0 aliphatic carbocycles. The SMILES string of the molecule is Cc1cnccc1SCCOCCOCC(F)(F)F. The summed E-state index contributed by atoms with van der Waals surface area (Å²) < 4.78 is 44.8. The summed E-state index contributed by atoms with van der Waals surface area (Å²) in [4.78, 5) is 5.12. The van der Waals surface area contributed by atoms with Gasteiger partial charge < -0.3 is 9.47 Å². The molecule has 7 heteroatoms. The van der Waals surface area contributed by atoms with E-state index in [1.54, 1.807) is 24.2 Å². The van der Waals surface area contributed by atoms with E-state index in [9.17, 15) is 13.2 Å². The molecular formula is C12H16F3NO2S. The van der Waals surface area contributed by atoms with E-state index >= 15 is 0 Å². The number of thioether (sulfide) groups is 1. The molecule has 1 heterocycles. The number of pyridine rings is 1. The van der Waals surface area contributed by atoms with E-state index < -0.39 is 12.8 Å². The van der Waals surface area contributed by atoms with Crippen LogP contribution in [0.5, 0.6) is 0 Å². The molecule has 0 saturated carbocycles. The van der Waals surface area contributed by atoms with Gasteiger partial charge in [-0.3, -0.25) is 4.98 Å². The number of hydrogen-bond acceptors (Lipinski definition) is 4. The minimum Gasteiger partial charge on any atom is -0.378 e. The summed E-state index contributed by atoms with van der Waals surface area (Å²) in [7, 11) is 0. The highest BCUT2D eigenvalue weighted by molar-refractivity contribution is 7.99. The first-order valence-electron chi connectivity index (χ1n) is 5.75. The molecule has 0 fully saturated rings. The Morgan fingerprint density at radius 1 is 1.21 bits per heavy atom. The van der Waals surface area contributed by atoms with Crippen molar-refractivity contribution >= 4 is 11.8 Å². The maximum atomic E-state index is 11.7. The van der Waals surface area contributed by atoms with Crippen molar-refractivity contribution in [3.8, 4) is 0 Å². The Hall–Kier alpha value is -0.790. The van der Waals surface area contributed by atoms with Gasteiger partial charge in [0.15, 0.2) is 0 Å².